The molecule has 0 saturated carbocycles. The Kier molecular flexibility index (Phi) is 4.77. The first-order valence-electron chi connectivity index (χ1n) is 6.57. The summed E-state index contributed by atoms with van der Waals surface area (Å²) in [5.41, 5.74) is 0.674. The molecule has 22 heavy (non-hydrogen) atoms. The molecule has 0 aliphatic rings. The summed E-state index contributed by atoms with van der Waals surface area (Å²) < 4.78 is 8.04. The molecule has 0 radical (unpaired) electrons. The number of benzene rings is 1. The van der Waals surface area contributed by atoms with Crippen molar-refractivity contribution >= 4 is 18.4 Å². The maximum atomic E-state index is 12.1. The number of ether oxygens (including phenoxy) is 1. The van der Waals surface area contributed by atoms with Crippen molar-refractivity contribution in [3.05, 3.63) is 50.5 Å². The Morgan fingerprint density at radius 2 is 2.09 bits per heavy atom. The zero-order chi connectivity index (χ0) is 16.3. The minimum atomic E-state index is -0.380. The second-order valence-electron chi connectivity index (χ2n) is 4.76. The van der Waals surface area contributed by atoms with Crippen LogP contribution in [0.3, 0.4) is 0 Å². The molecule has 0 bridgehead atoms. The molecule has 0 spiro atoms. The first-order valence-corrected chi connectivity index (χ1v) is 6.98. The molecular weight excluding hydrogens is 302 g/mol. The molecule has 6 nitrogen and oxygen atoms in total. The molecular formula is C15H17N3O3S. The standard InChI is InChI=1S/C15H17N3O3S/c1-17-13(19)12(14(20)18(2)15(17)22)9-16-8-10-5-4-6-11(7-10)21-3/h4-7,9,19H,8H2,1-3H3. The summed E-state index contributed by atoms with van der Waals surface area (Å²) in [4.78, 5) is 16.3. The zero-order valence-corrected chi connectivity index (χ0v) is 13.4. The lowest BCUT2D eigenvalue weighted by Crippen LogP contribution is -2.25. The molecule has 0 aliphatic carbocycles. The van der Waals surface area contributed by atoms with Crippen molar-refractivity contribution in [1.82, 2.24) is 9.13 Å². The van der Waals surface area contributed by atoms with Gasteiger partial charge in [0, 0.05) is 20.3 Å². The van der Waals surface area contributed by atoms with Crippen LogP contribution in [-0.2, 0) is 20.6 Å². The van der Waals surface area contributed by atoms with Crippen molar-refractivity contribution in [2.24, 2.45) is 19.1 Å². The van der Waals surface area contributed by atoms with Gasteiger partial charge in [-0.3, -0.25) is 18.9 Å². The quantitative estimate of drug-likeness (QED) is 0.689. The normalized spacial score (nSPS) is 11.0. The third-order valence-corrected chi connectivity index (χ3v) is 3.84. The van der Waals surface area contributed by atoms with Gasteiger partial charge in [-0.25, -0.2) is 0 Å². The number of aromatic hydroxyl groups is 1. The van der Waals surface area contributed by atoms with E-state index in [4.69, 9.17) is 17.0 Å². The fourth-order valence-corrected chi connectivity index (χ4v) is 2.15. The fourth-order valence-electron chi connectivity index (χ4n) is 1.99. The maximum Gasteiger partial charge on any atom is 0.266 e. The van der Waals surface area contributed by atoms with Gasteiger partial charge in [0.2, 0.25) is 5.88 Å². The second-order valence-corrected chi connectivity index (χ2v) is 5.13. The minimum Gasteiger partial charge on any atom is -0.497 e. The van der Waals surface area contributed by atoms with Crippen LogP contribution in [-0.4, -0.2) is 27.6 Å². The topological polar surface area (TPSA) is 68.8 Å². The first kappa shape index (κ1) is 16.0. The summed E-state index contributed by atoms with van der Waals surface area (Å²) in [7, 11) is 4.75. The van der Waals surface area contributed by atoms with E-state index >= 15 is 0 Å². The highest BCUT2D eigenvalue weighted by molar-refractivity contribution is 7.71. The highest BCUT2D eigenvalue weighted by Gasteiger charge is 2.10. The van der Waals surface area contributed by atoms with Gasteiger partial charge in [-0.1, -0.05) is 12.1 Å². The van der Waals surface area contributed by atoms with Gasteiger partial charge in [0.25, 0.3) is 5.56 Å². The number of rotatable bonds is 4. The van der Waals surface area contributed by atoms with E-state index in [1.165, 1.54) is 15.3 Å². The summed E-state index contributed by atoms with van der Waals surface area (Å²) in [6.45, 7) is 0.374. The first-order chi connectivity index (χ1) is 10.5. The largest absolute Gasteiger partial charge is 0.497 e. The molecule has 1 heterocycles. The van der Waals surface area contributed by atoms with Gasteiger partial charge in [-0.15, -0.1) is 0 Å². The van der Waals surface area contributed by atoms with Crippen LogP contribution in [0.4, 0.5) is 0 Å². The van der Waals surface area contributed by atoms with Crippen LogP contribution in [0.15, 0.2) is 34.1 Å². The van der Waals surface area contributed by atoms with Crippen LogP contribution in [0, 0.1) is 4.77 Å². The van der Waals surface area contributed by atoms with Crippen LogP contribution in [0.25, 0.3) is 0 Å². The van der Waals surface area contributed by atoms with E-state index in [9.17, 15) is 9.90 Å². The smallest absolute Gasteiger partial charge is 0.266 e. The Hall–Kier alpha value is -2.41. The number of aromatic nitrogens is 2. The van der Waals surface area contributed by atoms with Crippen LogP contribution >= 0.6 is 12.2 Å². The van der Waals surface area contributed by atoms with Crippen molar-refractivity contribution in [2.75, 3.05) is 7.11 Å². The van der Waals surface area contributed by atoms with Gasteiger partial charge in [-0.2, -0.15) is 0 Å². The van der Waals surface area contributed by atoms with E-state index in [1.54, 1.807) is 21.2 Å². The van der Waals surface area contributed by atoms with Crippen LogP contribution < -0.4 is 10.3 Å². The van der Waals surface area contributed by atoms with Crippen LogP contribution in [0.5, 0.6) is 11.6 Å². The van der Waals surface area contributed by atoms with Crippen molar-refractivity contribution in [3.8, 4) is 11.6 Å². The molecule has 0 fully saturated rings. The molecule has 0 unspecified atom stereocenters. The van der Waals surface area contributed by atoms with E-state index in [0.717, 1.165) is 11.3 Å². The van der Waals surface area contributed by atoms with Gasteiger partial charge in [0.1, 0.15) is 11.3 Å². The number of aliphatic imine (C=N–C) groups is 1. The molecule has 0 amide bonds. The monoisotopic (exact) mass is 319 g/mol. The molecule has 0 atom stereocenters. The molecule has 2 rings (SSSR count). The lowest BCUT2D eigenvalue weighted by atomic mass is 10.2. The Morgan fingerprint density at radius 3 is 2.77 bits per heavy atom. The number of methoxy groups -OCH3 is 1. The Balaban J connectivity index is 2.31. The second kappa shape index (κ2) is 6.57. The third-order valence-electron chi connectivity index (χ3n) is 3.30. The van der Waals surface area contributed by atoms with E-state index in [1.807, 2.05) is 24.3 Å². The van der Waals surface area contributed by atoms with E-state index in [-0.39, 0.29) is 21.8 Å². The molecule has 7 heteroatoms. The van der Waals surface area contributed by atoms with E-state index < -0.39 is 0 Å². The summed E-state index contributed by atoms with van der Waals surface area (Å²) in [5.74, 6) is 0.552. The molecule has 1 aromatic carbocycles. The van der Waals surface area contributed by atoms with Gasteiger partial charge >= 0.3 is 0 Å². The van der Waals surface area contributed by atoms with Crippen molar-refractivity contribution in [3.63, 3.8) is 0 Å². The molecule has 0 saturated heterocycles. The lowest BCUT2D eigenvalue weighted by molar-refractivity contribution is 0.414. The van der Waals surface area contributed by atoms with Gasteiger partial charge < -0.3 is 9.84 Å². The van der Waals surface area contributed by atoms with Gasteiger partial charge in [0.15, 0.2) is 4.77 Å². The van der Waals surface area contributed by atoms with Crippen LogP contribution in [0.1, 0.15) is 11.1 Å². The summed E-state index contributed by atoms with van der Waals surface area (Å²) in [5, 5.41) is 10.0. The Bertz CT molecular complexity index is 837. The predicted molar refractivity (Wildman–Crippen MR) is 87.4 cm³/mol. The predicted octanol–water partition coefficient (Wildman–Crippen LogP) is 1.79. The Labute approximate surface area is 132 Å². The van der Waals surface area contributed by atoms with Crippen LogP contribution in [0.2, 0.25) is 0 Å². The molecule has 1 N–H and O–H groups in total. The molecule has 116 valence electrons. The maximum absolute atomic E-state index is 12.1. The molecule has 2 aromatic rings. The third kappa shape index (κ3) is 3.09. The summed E-state index contributed by atoms with van der Waals surface area (Å²) in [6.07, 6.45) is 1.37. The Morgan fingerprint density at radius 1 is 1.36 bits per heavy atom. The van der Waals surface area contributed by atoms with E-state index in [2.05, 4.69) is 4.99 Å². The highest BCUT2D eigenvalue weighted by atomic mass is 32.1. The van der Waals surface area contributed by atoms with Gasteiger partial charge in [0.05, 0.1) is 13.7 Å². The van der Waals surface area contributed by atoms with E-state index in [0.29, 0.717) is 6.54 Å². The zero-order valence-electron chi connectivity index (χ0n) is 12.6. The molecule has 0 aliphatic heterocycles. The average molecular weight is 319 g/mol. The summed E-state index contributed by atoms with van der Waals surface area (Å²) >= 11 is 5.05. The minimum absolute atomic E-state index is 0.112. The fraction of sp³-hybridized carbons (Fsp3) is 0.267. The number of hydrogen-bond acceptors (Lipinski definition) is 5. The van der Waals surface area contributed by atoms with Crippen molar-refractivity contribution < 1.29 is 9.84 Å². The van der Waals surface area contributed by atoms with Gasteiger partial charge in [-0.05, 0) is 29.9 Å². The lowest BCUT2D eigenvalue weighted by Gasteiger charge is -2.09. The van der Waals surface area contributed by atoms with Crippen molar-refractivity contribution in [2.45, 2.75) is 6.54 Å². The SMILES string of the molecule is COc1cccc(CN=Cc2c(O)n(C)c(=S)n(C)c2=O)c1. The number of hydrogen-bond donors (Lipinski definition) is 1. The molecule has 1 aromatic heterocycles. The average Bonchev–Trinajstić information content (AvgIpc) is 2.54. The summed E-state index contributed by atoms with van der Waals surface area (Å²) in [6, 6.07) is 7.48. The number of nitrogens with zero attached hydrogens (tertiary/aromatic N) is 3. The van der Waals surface area contributed by atoms with Crippen molar-refractivity contribution in [1.29, 1.82) is 0 Å². The highest BCUT2D eigenvalue weighted by Crippen LogP contribution is 2.14.